The molecule has 0 bridgehead atoms. The maximum atomic E-state index is 9.02. The van der Waals surface area contributed by atoms with Gasteiger partial charge in [-0.1, -0.05) is 31.9 Å². The Kier molecular flexibility index (Phi) is 5.21. The van der Waals surface area contributed by atoms with E-state index in [0.29, 0.717) is 0 Å². The van der Waals surface area contributed by atoms with Gasteiger partial charge in [0.1, 0.15) is 11.8 Å². The molecule has 1 N–H and O–H groups in total. The Morgan fingerprint density at radius 3 is 2.81 bits per heavy atom. The topological polar surface area (TPSA) is 45.0 Å². The number of para-hydroxylation sites is 2. The van der Waals surface area contributed by atoms with Gasteiger partial charge in [0.15, 0.2) is 0 Å². The van der Waals surface area contributed by atoms with Crippen LogP contribution in [0.15, 0.2) is 24.3 Å². The second-order valence-electron chi connectivity index (χ2n) is 3.67. The summed E-state index contributed by atoms with van der Waals surface area (Å²) in [7, 11) is 1.63. The van der Waals surface area contributed by atoms with E-state index in [0.717, 1.165) is 30.7 Å². The number of unbranched alkanes of at least 4 members (excludes halogenated alkanes) is 1. The fourth-order valence-corrected chi connectivity index (χ4v) is 1.53. The SMILES string of the molecule is CCCCC(C#N)Nc1ccccc1OC. The lowest BCUT2D eigenvalue weighted by molar-refractivity contribution is 0.416. The minimum atomic E-state index is -0.142. The van der Waals surface area contributed by atoms with Crippen LogP contribution in [0, 0.1) is 11.3 Å². The van der Waals surface area contributed by atoms with E-state index in [1.165, 1.54) is 0 Å². The summed E-state index contributed by atoms with van der Waals surface area (Å²) < 4.78 is 5.22. The fraction of sp³-hybridized carbons (Fsp3) is 0.462. The molecule has 1 unspecified atom stereocenters. The third kappa shape index (κ3) is 3.47. The zero-order valence-corrected chi connectivity index (χ0v) is 9.86. The lowest BCUT2D eigenvalue weighted by Gasteiger charge is -2.15. The first-order chi connectivity index (χ1) is 7.81. The van der Waals surface area contributed by atoms with Crippen molar-refractivity contribution >= 4 is 5.69 Å². The Bertz CT molecular complexity index is 357. The standard InChI is InChI=1S/C13H18N2O/c1-3-4-7-11(10-14)15-12-8-5-6-9-13(12)16-2/h5-6,8-9,11,15H,3-4,7H2,1-2H3. The molecule has 0 saturated carbocycles. The number of ether oxygens (including phenoxy) is 1. The minimum Gasteiger partial charge on any atom is -0.495 e. The van der Waals surface area contributed by atoms with Crippen LogP contribution < -0.4 is 10.1 Å². The van der Waals surface area contributed by atoms with Crippen molar-refractivity contribution in [3.8, 4) is 11.8 Å². The van der Waals surface area contributed by atoms with E-state index in [1.807, 2.05) is 24.3 Å². The largest absolute Gasteiger partial charge is 0.495 e. The zero-order valence-electron chi connectivity index (χ0n) is 9.86. The van der Waals surface area contributed by atoms with Crippen LogP contribution in [0.1, 0.15) is 26.2 Å². The first-order valence-electron chi connectivity index (χ1n) is 5.61. The summed E-state index contributed by atoms with van der Waals surface area (Å²) in [5.74, 6) is 0.777. The summed E-state index contributed by atoms with van der Waals surface area (Å²) in [5, 5.41) is 12.2. The van der Waals surface area contributed by atoms with Crippen LogP contribution in [0.5, 0.6) is 5.75 Å². The van der Waals surface area contributed by atoms with Crippen molar-refractivity contribution in [2.75, 3.05) is 12.4 Å². The van der Waals surface area contributed by atoms with Crippen molar-refractivity contribution < 1.29 is 4.74 Å². The predicted octanol–water partition coefficient (Wildman–Crippen LogP) is 3.19. The molecule has 86 valence electrons. The molecule has 3 heteroatoms. The highest BCUT2D eigenvalue weighted by atomic mass is 16.5. The molecule has 1 rings (SSSR count). The number of benzene rings is 1. The van der Waals surface area contributed by atoms with E-state index >= 15 is 0 Å². The van der Waals surface area contributed by atoms with Gasteiger partial charge in [0.25, 0.3) is 0 Å². The third-order valence-corrected chi connectivity index (χ3v) is 2.44. The van der Waals surface area contributed by atoms with Crippen LogP contribution in [0.2, 0.25) is 0 Å². The molecular formula is C13H18N2O. The number of nitrogens with one attached hydrogen (secondary N) is 1. The average Bonchev–Trinajstić information content (AvgIpc) is 2.34. The van der Waals surface area contributed by atoms with Crippen LogP contribution in [-0.4, -0.2) is 13.2 Å². The molecular weight excluding hydrogens is 200 g/mol. The number of anilines is 1. The molecule has 1 aromatic rings. The van der Waals surface area contributed by atoms with Gasteiger partial charge in [-0.3, -0.25) is 0 Å². The van der Waals surface area contributed by atoms with Crippen LogP contribution in [0.25, 0.3) is 0 Å². The Morgan fingerprint density at radius 2 is 2.19 bits per heavy atom. The number of methoxy groups -OCH3 is 1. The molecule has 0 fully saturated rings. The third-order valence-electron chi connectivity index (χ3n) is 2.44. The molecule has 1 atom stereocenters. The number of nitriles is 1. The molecule has 0 aliphatic heterocycles. The van der Waals surface area contributed by atoms with E-state index in [2.05, 4.69) is 18.3 Å². The van der Waals surface area contributed by atoms with Gasteiger partial charge >= 0.3 is 0 Å². The van der Waals surface area contributed by atoms with Gasteiger partial charge in [-0.2, -0.15) is 5.26 Å². The van der Waals surface area contributed by atoms with Crippen LogP contribution >= 0.6 is 0 Å². The quantitative estimate of drug-likeness (QED) is 0.797. The van der Waals surface area contributed by atoms with Crippen LogP contribution in [0.3, 0.4) is 0 Å². The molecule has 0 aliphatic rings. The molecule has 0 saturated heterocycles. The maximum absolute atomic E-state index is 9.02. The Morgan fingerprint density at radius 1 is 1.44 bits per heavy atom. The fourth-order valence-electron chi connectivity index (χ4n) is 1.53. The van der Waals surface area contributed by atoms with Gasteiger partial charge in [-0.05, 0) is 18.6 Å². The van der Waals surface area contributed by atoms with E-state index in [9.17, 15) is 0 Å². The second-order valence-corrected chi connectivity index (χ2v) is 3.67. The van der Waals surface area contributed by atoms with Gasteiger partial charge in [0.05, 0.1) is 18.9 Å². The molecule has 0 radical (unpaired) electrons. The van der Waals surface area contributed by atoms with Crippen LogP contribution in [0.4, 0.5) is 5.69 Å². The first kappa shape index (κ1) is 12.4. The number of hydrogen-bond acceptors (Lipinski definition) is 3. The molecule has 0 aromatic heterocycles. The summed E-state index contributed by atoms with van der Waals surface area (Å²) >= 11 is 0. The number of rotatable bonds is 6. The molecule has 0 amide bonds. The second kappa shape index (κ2) is 6.73. The summed E-state index contributed by atoms with van der Waals surface area (Å²) in [6.45, 7) is 2.12. The Labute approximate surface area is 97.0 Å². The normalized spacial score (nSPS) is 11.6. The average molecular weight is 218 g/mol. The monoisotopic (exact) mass is 218 g/mol. The minimum absolute atomic E-state index is 0.142. The molecule has 0 aliphatic carbocycles. The lowest BCUT2D eigenvalue weighted by atomic mass is 10.1. The maximum Gasteiger partial charge on any atom is 0.141 e. The predicted molar refractivity (Wildman–Crippen MR) is 65.5 cm³/mol. The molecule has 0 spiro atoms. The van der Waals surface area contributed by atoms with Crippen molar-refractivity contribution in [2.45, 2.75) is 32.2 Å². The smallest absolute Gasteiger partial charge is 0.141 e. The van der Waals surface area contributed by atoms with Gasteiger partial charge in [0, 0.05) is 0 Å². The molecule has 3 nitrogen and oxygen atoms in total. The van der Waals surface area contributed by atoms with Gasteiger partial charge < -0.3 is 10.1 Å². The van der Waals surface area contributed by atoms with Gasteiger partial charge in [-0.25, -0.2) is 0 Å². The van der Waals surface area contributed by atoms with Crippen molar-refractivity contribution in [3.63, 3.8) is 0 Å². The summed E-state index contributed by atoms with van der Waals surface area (Å²) in [6, 6.07) is 9.78. The van der Waals surface area contributed by atoms with Gasteiger partial charge in [0.2, 0.25) is 0 Å². The summed E-state index contributed by atoms with van der Waals surface area (Å²) in [4.78, 5) is 0. The number of hydrogen-bond donors (Lipinski definition) is 1. The molecule has 0 heterocycles. The van der Waals surface area contributed by atoms with Crippen molar-refractivity contribution in [2.24, 2.45) is 0 Å². The van der Waals surface area contributed by atoms with E-state index in [4.69, 9.17) is 10.00 Å². The number of nitrogens with zero attached hydrogens (tertiary/aromatic N) is 1. The zero-order chi connectivity index (χ0) is 11.8. The van der Waals surface area contributed by atoms with Crippen LogP contribution in [-0.2, 0) is 0 Å². The Hall–Kier alpha value is -1.69. The highest BCUT2D eigenvalue weighted by Crippen LogP contribution is 2.24. The Balaban J connectivity index is 2.66. The highest BCUT2D eigenvalue weighted by Gasteiger charge is 2.09. The van der Waals surface area contributed by atoms with Crippen molar-refractivity contribution in [1.82, 2.24) is 0 Å². The first-order valence-corrected chi connectivity index (χ1v) is 5.61. The molecule has 1 aromatic carbocycles. The van der Waals surface area contributed by atoms with Crippen molar-refractivity contribution in [3.05, 3.63) is 24.3 Å². The lowest BCUT2D eigenvalue weighted by Crippen LogP contribution is -2.17. The molecule has 16 heavy (non-hydrogen) atoms. The highest BCUT2D eigenvalue weighted by molar-refractivity contribution is 5.57. The van der Waals surface area contributed by atoms with E-state index in [1.54, 1.807) is 7.11 Å². The van der Waals surface area contributed by atoms with E-state index < -0.39 is 0 Å². The van der Waals surface area contributed by atoms with Gasteiger partial charge in [-0.15, -0.1) is 0 Å². The van der Waals surface area contributed by atoms with E-state index in [-0.39, 0.29) is 6.04 Å². The van der Waals surface area contributed by atoms with Crippen molar-refractivity contribution in [1.29, 1.82) is 5.26 Å². The summed E-state index contributed by atoms with van der Waals surface area (Å²) in [5.41, 5.74) is 0.882. The summed E-state index contributed by atoms with van der Waals surface area (Å²) in [6.07, 6.45) is 3.03.